The number of nitrogens with zero attached hydrogens (tertiary/aromatic N) is 2. The van der Waals surface area contributed by atoms with Crippen LogP contribution in [0.5, 0.6) is 0 Å². The first-order valence-electron chi connectivity index (χ1n) is 5.66. The molecule has 0 N–H and O–H groups in total. The van der Waals surface area contributed by atoms with Crippen LogP contribution in [0.4, 0.5) is 0 Å². The van der Waals surface area contributed by atoms with Crippen LogP contribution >= 0.6 is 0 Å². The molecule has 15 heavy (non-hydrogen) atoms. The molecule has 0 bridgehead atoms. The van der Waals surface area contributed by atoms with Gasteiger partial charge in [-0.15, -0.1) is 0 Å². The minimum Gasteiger partial charge on any atom is -0.340 e. The third kappa shape index (κ3) is 3.67. The molecule has 0 aliphatic carbocycles. The molecule has 1 aliphatic rings. The second-order valence-corrected chi connectivity index (χ2v) is 4.71. The number of piperazine rings is 1. The second-order valence-electron chi connectivity index (χ2n) is 4.71. The summed E-state index contributed by atoms with van der Waals surface area (Å²) >= 11 is 0. The van der Waals surface area contributed by atoms with Crippen LogP contribution in [-0.4, -0.2) is 48.4 Å². The van der Waals surface area contributed by atoms with Crippen molar-refractivity contribution in [2.75, 3.05) is 32.7 Å². The summed E-state index contributed by atoms with van der Waals surface area (Å²) in [6, 6.07) is 0. The first-order valence-corrected chi connectivity index (χ1v) is 5.66. The molecule has 0 aromatic carbocycles. The van der Waals surface area contributed by atoms with E-state index in [1.54, 1.807) is 0 Å². The van der Waals surface area contributed by atoms with Gasteiger partial charge in [0.05, 0.1) is 0 Å². The van der Waals surface area contributed by atoms with E-state index in [1.807, 2.05) is 25.7 Å². The molecular weight excluding hydrogens is 188 g/mol. The lowest BCUT2D eigenvalue weighted by Crippen LogP contribution is -2.50. The minimum atomic E-state index is 0.123. The summed E-state index contributed by atoms with van der Waals surface area (Å²) in [6.07, 6.45) is 0. The van der Waals surface area contributed by atoms with E-state index in [0.29, 0.717) is 0 Å². The highest BCUT2D eigenvalue weighted by Crippen LogP contribution is 2.07. The monoisotopic (exact) mass is 210 g/mol. The fourth-order valence-corrected chi connectivity index (χ4v) is 1.87. The largest absolute Gasteiger partial charge is 0.340 e. The van der Waals surface area contributed by atoms with Crippen LogP contribution in [0, 0.1) is 5.92 Å². The van der Waals surface area contributed by atoms with Crippen molar-refractivity contribution in [3.8, 4) is 0 Å². The van der Waals surface area contributed by atoms with E-state index in [9.17, 15) is 4.79 Å². The molecule has 0 unspecified atom stereocenters. The van der Waals surface area contributed by atoms with Gasteiger partial charge in [0.15, 0.2) is 0 Å². The van der Waals surface area contributed by atoms with Crippen LogP contribution in [-0.2, 0) is 4.79 Å². The van der Waals surface area contributed by atoms with Crippen LogP contribution < -0.4 is 0 Å². The smallest absolute Gasteiger partial charge is 0.225 e. The van der Waals surface area contributed by atoms with Crippen molar-refractivity contribution in [3.63, 3.8) is 0 Å². The molecular formula is C12H22N2O. The lowest BCUT2D eigenvalue weighted by molar-refractivity contribution is -0.136. The topological polar surface area (TPSA) is 23.6 Å². The summed E-state index contributed by atoms with van der Waals surface area (Å²) < 4.78 is 0. The molecule has 86 valence electrons. The van der Waals surface area contributed by atoms with Crippen molar-refractivity contribution >= 4 is 5.91 Å². The van der Waals surface area contributed by atoms with E-state index in [1.165, 1.54) is 5.57 Å². The first kappa shape index (κ1) is 12.2. The van der Waals surface area contributed by atoms with Gasteiger partial charge in [-0.1, -0.05) is 26.0 Å². The van der Waals surface area contributed by atoms with Crippen molar-refractivity contribution in [1.29, 1.82) is 0 Å². The molecule has 1 heterocycles. The Hall–Kier alpha value is -0.830. The molecule has 0 saturated carbocycles. The normalized spacial score (nSPS) is 18.3. The van der Waals surface area contributed by atoms with Gasteiger partial charge in [0.2, 0.25) is 5.91 Å². The second kappa shape index (κ2) is 5.31. The summed E-state index contributed by atoms with van der Waals surface area (Å²) in [5.74, 6) is 0.405. The third-order valence-corrected chi connectivity index (χ3v) is 2.67. The minimum absolute atomic E-state index is 0.123. The molecule has 0 atom stereocenters. The van der Waals surface area contributed by atoms with Gasteiger partial charge in [-0.2, -0.15) is 0 Å². The van der Waals surface area contributed by atoms with Crippen molar-refractivity contribution in [1.82, 2.24) is 9.80 Å². The SMILES string of the molecule is C=C(C)CN1CCN(C(=O)C(C)C)CC1. The maximum atomic E-state index is 11.7. The Morgan fingerprint density at radius 1 is 1.27 bits per heavy atom. The van der Waals surface area contributed by atoms with Crippen molar-refractivity contribution in [2.45, 2.75) is 20.8 Å². The quantitative estimate of drug-likeness (QED) is 0.657. The van der Waals surface area contributed by atoms with Gasteiger partial charge in [0.25, 0.3) is 0 Å². The average Bonchev–Trinajstić information content (AvgIpc) is 2.17. The fraction of sp³-hybridized carbons (Fsp3) is 0.750. The number of carbonyl (C=O) groups excluding carboxylic acids is 1. The third-order valence-electron chi connectivity index (χ3n) is 2.67. The zero-order chi connectivity index (χ0) is 11.4. The summed E-state index contributed by atoms with van der Waals surface area (Å²) in [7, 11) is 0. The van der Waals surface area contributed by atoms with Crippen LogP contribution in [0.2, 0.25) is 0 Å². The van der Waals surface area contributed by atoms with Crippen molar-refractivity contribution in [3.05, 3.63) is 12.2 Å². The molecule has 0 spiro atoms. The summed E-state index contributed by atoms with van der Waals surface area (Å²) in [5.41, 5.74) is 1.19. The van der Waals surface area contributed by atoms with E-state index >= 15 is 0 Å². The van der Waals surface area contributed by atoms with Crippen LogP contribution in [0.25, 0.3) is 0 Å². The predicted octanol–water partition coefficient (Wildman–Crippen LogP) is 1.36. The zero-order valence-electron chi connectivity index (χ0n) is 10.1. The number of hydrogen-bond donors (Lipinski definition) is 0. The number of amides is 1. The lowest BCUT2D eigenvalue weighted by Gasteiger charge is -2.35. The van der Waals surface area contributed by atoms with Gasteiger partial charge >= 0.3 is 0 Å². The summed E-state index contributed by atoms with van der Waals surface area (Å²) in [4.78, 5) is 16.0. The standard InChI is InChI=1S/C12H22N2O/c1-10(2)9-13-5-7-14(8-6-13)12(15)11(3)4/h11H,1,5-9H2,2-4H3. The van der Waals surface area contributed by atoms with Crippen LogP contribution in [0.3, 0.4) is 0 Å². The Morgan fingerprint density at radius 3 is 2.20 bits per heavy atom. The molecule has 1 saturated heterocycles. The van der Waals surface area contributed by atoms with Crippen LogP contribution in [0.15, 0.2) is 12.2 Å². The van der Waals surface area contributed by atoms with E-state index in [0.717, 1.165) is 32.7 Å². The Labute approximate surface area is 92.7 Å². The van der Waals surface area contributed by atoms with Gasteiger partial charge in [0.1, 0.15) is 0 Å². The number of rotatable bonds is 3. The van der Waals surface area contributed by atoms with Gasteiger partial charge < -0.3 is 4.90 Å². The maximum absolute atomic E-state index is 11.7. The maximum Gasteiger partial charge on any atom is 0.225 e. The molecule has 3 nitrogen and oxygen atoms in total. The summed E-state index contributed by atoms with van der Waals surface area (Å²) in [5, 5.41) is 0. The average molecular weight is 210 g/mol. The van der Waals surface area contributed by atoms with Gasteiger partial charge in [-0.25, -0.2) is 0 Å². The van der Waals surface area contributed by atoms with Crippen molar-refractivity contribution < 1.29 is 4.79 Å². The Balaban J connectivity index is 2.35. The fourth-order valence-electron chi connectivity index (χ4n) is 1.87. The zero-order valence-corrected chi connectivity index (χ0v) is 10.1. The molecule has 0 aromatic rings. The molecule has 1 rings (SSSR count). The molecule has 1 fully saturated rings. The highest BCUT2D eigenvalue weighted by Gasteiger charge is 2.22. The van der Waals surface area contributed by atoms with E-state index < -0.39 is 0 Å². The lowest BCUT2D eigenvalue weighted by atomic mass is 10.1. The van der Waals surface area contributed by atoms with E-state index in [-0.39, 0.29) is 11.8 Å². The van der Waals surface area contributed by atoms with Gasteiger partial charge in [-0.3, -0.25) is 9.69 Å². The van der Waals surface area contributed by atoms with Crippen LogP contribution in [0.1, 0.15) is 20.8 Å². The molecule has 1 amide bonds. The Morgan fingerprint density at radius 2 is 1.80 bits per heavy atom. The number of hydrogen-bond acceptors (Lipinski definition) is 2. The number of carbonyl (C=O) groups is 1. The Kier molecular flexibility index (Phi) is 4.33. The van der Waals surface area contributed by atoms with Crippen molar-refractivity contribution in [2.24, 2.45) is 5.92 Å². The van der Waals surface area contributed by atoms with Gasteiger partial charge in [0, 0.05) is 38.6 Å². The first-order chi connectivity index (χ1) is 7.00. The summed E-state index contributed by atoms with van der Waals surface area (Å²) in [6.45, 7) is 14.5. The highest BCUT2D eigenvalue weighted by atomic mass is 16.2. The van der Waals surface area contributed by atoms with E-state index in [4.69, 9.17) is 0 Å². The predicted molar refractivity (Wildman–Crippen MR) is 62.7 cm³/mol. The molecule has 1 aliphatic heterocycles. The molecule has 0 aromatic heterocycles. The molecule has 0 radical (unpaired) electrons. The highest BCUT2D eigenvalue weighted by molar-refractivity contribution is 5.78. The van der Waals surface area contributed by atoms with Gasteiger partial charge in [-0.05, 0) is 6.92 Å². The van der Waals surface area contributed by atoms with E-state index in [2.05, 4.69) is 11.5 Å². The molecule has 3 heteroatoms. The Bertz CT molecular complexity index is 240.